The highest BCUT2D eigenvalue weighted by molar-refractivity contribution is 5.89. The summed E-state index contributed by atoms with van der Waals surface area (Å²) in [6.45, 7) is 6.53. The van der Waals surface area contributed by atoms with Gasteiger partial charge in [-0.2, -0.15) is 9.97 Å². The van der Waals surface area contributed by atoms with Gasteiger partial charge in [-0.3, -0.25) is 4.90 Å². The van der Waals surface area contributed by atoms with Crippen LogP contribution in [0.25, 0.3) is 11.0 Å². The van der Waals surface area contributed by atoms with E-state index in [0.717, 1.165) is 48.1 Å². The van der Waals surface area contributed by atoms with E-state index in [1.54, 1.807) is 0 Å². The second-order valence-corrected chi connectivity index (χ2v) is 6.79. The number of piperidine rings is 1. The summed E-state index contributed by atoms with van der Waals surface area (Å²) in [6.07, 6.45) is 4.75. The molecule has 1 aliphatic rings. The second kappa shape index (κ2) is 7.65. The zero-order chi connectivity index (χ0) is 18.7. The Bertz CT molecular complexity index is 837. The number of nitrogens with two attached hydrogens (primary N) is 2. The van der Waals surface area contributed by atoms with E-state index >= 15 is 0 Å². The van der Waals surface area contributed by atoms with E-state index in [1.807, 2.05) is 19.9 Å². The van der Waals surface area contributed by atoms with Crippen LogP contribution in [0.15, 0.2) is 17.8 Å². The molecule has 2 aromatic heterocycles. The minimum atomic E-state index is 0.291. The molecule has 0 bridgehead atoms. The van der Waals surface area contributed by atoms with Gasteiger partial charge in [-0.1, -0.05) is 0 Å². The van der Waals surface area contributed by atoms with Crippen LogP contribution < -0.4 is 16.8 Å². The molecule has 3 heterocycles. The maximum Gasteiger partial charge on any atom is 0.226 e. The summed E-state index contributed by atoms with van der Waals surface area (Å²) in [6, 6.07) is 2.28. The van der Waals surface area contributed by atoms with E-state index in [2.05, 4.69) is 25.2 Å². The molecule has 6 N–H and O–H groups in total. The minimum absolute atomic E-state index is 0.291. The van der Waals surface area contributed by atoms with E-state index in [-0.39, 0.29) is 0 Å². The average molecular weight is 354 g/mol. The van der Waals surface area contributed by atoms with E-state index in [4.69, 9.17) is 16.9 Å². The Hall–Kier alpha value is -2.74. The number of nitrogen functional groups attached to an aromatic ring is 1. The molecule has 0 aromatic carbocycles. The first-order chi connectivity index (χ1) is 12.5. The Kier molecular flexibility index (Phi) is 5.32. The van der Waals surface area contributed by atoms with Gasteiger partial charge in [0.15, 0.2) is 5.65 Å². The predicted molar refractivity (Wildman–Crippen MR) is 105 cm³/mol. The van der Waals surface area contributed by atoms with Crippen LogP contribution in [0.3, 0.4) is 0 Å². The summed E-state index contributed by atoms with van der Waals surface area (Å²) in [7, 11) is 0. The van der Waals surface area contributed by atoms with Gasteiger partial charge in [0, 0.05) is 37.6 Å². The van der Waals surface area contributed by atoms with Gasteiger partial charge in [0.2, 0.25) is 5.95 Å². The van der Waals surface area contributed by atoms with Crippen molar-refractivity contribution in [2.75, 3.05) is 30.7 Å². The molecule has 0 atom stereocenters. The van der Waals surface area contributed by atoms with E-state index in [0.29, 0.717) is 30.0 Å². The average Bonchev–Trinajstić information content (AvgIpc) is 2.60. The van der Waals surface area contributed by atoms with Crippen LogP contribution in [0.5, 0.6) is 0 Å². The third-order valence-electron chi connectivity index (χ3n) is 4.75. The minimum Gasteiger partial charge on any atom is -0.404 e. The lowest BCUT2D eigenvalue weighted by atomic mass is 10.0. The number of likely N-dealkylation sites (tertiary alicyclic amines) is 1. The molecule has 138 valence electrons. The maximum absolute atomic E-state index is 7.34. The Morgan fingerprint density at radius 2 is 2.04 bits per heavy atom. The largest absolute Gasteiger partial charge is 0.404 e. The number of aryl methyl sites for hydroxylation is 2. The number of rotatable bonds is 5. The number of anilines is 2. The number of hydrogen-bond donors (Lipinski definition) is 4. The first-order valence-electron chi connectivity index (χ1n) is 8.81. The highest BCUT2D eigenvalue weighted by atomic mass is 15.2. The van der Waals surface area contributed by atoms with Crippen LogP contribution in [0.2, 0.25) is 0 Å². The number of fused-ring (bicyclic) bond motifs is 1. The van der Waals surface area contributed by atoms with Crippen molar-refractivity contribution in [3.05, 3.63) is 29.1 Å². The predicted octanol–water partition coefficient (Wildman–Crippen LogP) is 1.59. The molecule has 8 heteroatoms. The molecule has 1 aliphatic heterocycles. The van der Waals surface area contributed by atoms with Crippen LogP contribution >= 0.6 is 0 Å². The summed E-state index contributed by atoms with van der Waals surface area (Å²) in [5, 5.41) is 11.6. The van der Waals surface area contributed by atoms with Crippen LogP contribution in [-0.2, 0) is 0 Å². The molecule has 26 heavy (non-hydrogen) atoms. The van der Waals surface area contributed by atoms with Crippen molar-refractivity contribution in [1.29, 1.82) is 5.41 Å². The topological polar surface area (TPSA) is 130 Å². The Labute approximate surface area is 153 Å². The fourth-order valence-corrected chi connectivity index (χ4v) is 3.40. The molecule has 0 amide bonds. The number of pyridine rings is 1. The summed E-state index contributed by atoms with van der Waals surface area (Å²) in [5.41, 5.74) is 15.1. The van der Waals surface area contributed by atoms with Gasteiger partial charge in [-0.05, 0) is 50.1 Å². The maximum atomic E-state index is 7.34. The van der Waals surface area contributed by atoms with Gasteiger partial charge in [-0.15, -0.1) is 0 Å². The number of aromatic nitrogens is 3. The fourth-order valence-electron chi connectivity index (χ4n) is 3.40. The van der Waals surface area contributed by atoms with Crippen LogP contribution in [0.1, 0.15) is 24.1 Å². The molecule has 0 saturated carbocycles. The molecule has 1 saturated heterocycles. The molecule has 1 fully saturated rings. The smallest absolute Gasteiger partial charge is 0.226 e. The normalized spacial score (nSPS) is 16.8. The molecule has 0 unspecified atom stereocenters. The SMILES string of the molecule is Cc1cc(C)c2c(N)nc(NC3CCN(C/C(C=N)=C/N)CC3)nc2n1. The first-order valence-corrected chi connectivity index (χ1v) is 8.81. The zero-order valence-corrected chi connectivity index (χ0v) is 15.3. The molecular formula is C18H26N8. The standard InChI is InChI=1S/C18H26N8/c1-11-7-12(2)22-17-15(11)16(21)24-18(25-17)23-14-3-5-26(6-4-14)10-13(8-19)9-20/h7-9,14,19H,3-6,10,20H2,1-2H3,(H3,21,22,23,24,25)/b13-9+,19-8?. The third-order valence-corrected chi connectivity index (χ3v) is 4.75. The number of nitrogens with one attached hydrogen (secondary N) is 2. The summed E-state index contributed by atoms with van der Waals surface area (Å²) in [5.74, 6) is 0.997. The van der Waals surface area contributed by atoms with Gasteiger partial charge in [0.05, 0.1) is 5.39 Å². The van der Waals surface area contributed by atoms with Crippen molar-refractivity contribution in [3.8, 4) is 0 Å². The highest BCUT2D eigenvalue weighted by Gasteiger charge is 2.21. The molecule has 3 rings (SSSR count). The van der Waals surface area contributed by atoms with Crippen molar-refractivity contribution in [2.24, 2.45) is 5.73 Å². The van der Waals surface area contributed by atoms with Gasteiger partial charge in [-0.25, -0.2) is 4.98 Å². The molecular weight excluding hydrogens is 328 g/mol. The monoisotopic (exact) mass is 354 g/mol. The molecule has 0 spiro atoms. The Balaban J connectivity index is 1.68. The summed E-state index contributed by atoms with van der Waals surface area (Å²) < 4.78 is 0. The van der Waals surface area contributed by atoms with Crippen molar-refractivity contribution >= 4 is 29.0 Å². The van der Waals surface area contributed by atoms with Crippen molar-refractivity contribution in [1.82, 2.24) is 19.9 Å². The van der Waals surface area contributed by atoms with Crippen molar-refractivity contribution < 1.29 is 0 Å². The second-order valence-electron chi connectivity index (χ2n) is 6.79. The van der Waals surface area contributed by atoms with Crippen LogP contribution in [0, 0.1) is 19.3 Å². The lowest BCUT2D eigenvalue weighted by Crippen LogP contribution is -2.40. The van der Waals surface area contributed by atoms with Gasteiger partial charge >= 0.3 is 0 Å². The molecule has 0 radical (unpaired) electrons. The highest BCUT2D eigenvalue weighted by Crippen LogP contribution is 2.23. The lowest BCUT2D eigenvalue weighted by molar-refractivity contribution is 0.237. The van der Waals surface area contributed by atoms with E-state index in [1.165, 1.54) is 12.4 Å². The van der Waals surface area contributed by atoms with E-state index in [9.17, 15) is 0 Å². The fraction of sp³-hybridized carbons (Fsp3) is 0.444. The Morgan fingerprint density at radius 3 is 2.69 bits per heavy atom. The number of nitrogens with zero attached hydrogens (tertiary/aromatic N) is 4. The first kappa shape index (κ1) is 18.1. The van der Waals surface area contributed by atoms with Crippen molar-refractivity contribution in [3.63, 3.8) is 0 Å². The zero-order valence-electron chi connectivity index (χ0n) is 15.3. The third kappa shape index (κ3) is 3.91. The molecule has 8 nitrogen and oxygen atoms in total. The van der Waals surface area contributed by atoms with E-state index < -0.39 is 0 Å². The van der Waals surface area contributed by atoms with Gasteiger partial charge < -0.3 is 22.2 Å². The summed E-state index contributed by atoms with van der Waals surface area (Å²) in [4.78, 5) is 15.8. The van der Waals surface area contributed by atoms with Crippen LogP contribution in [0.4, 0.5) is 11.8 Å². The molecule has 0 aliphatic carbocycles. The van der Waals surface area contributed by atoms with Crippen molar-refractivity contribution in [2.45, 2.75) is 32.7 Å². The van der Waals surface area contributed by atoms with Gasteiger partial charge in [0.25, 0.3) is 0 Å². The quantitative estimate of drug-likeness (QED) is 0.600. The lowest BCUT2D eigenvalue weighted by Gasteiger charge is -2.32. The molecule has 2 aromatic rings. The van der Waals surface area contributed by atoms with Crippen LogP contribution in [-0.4, -0.2) is 51.7 Å². The number of hydrogen-bond acceptors (Lipinski definition) is 8. The Morgan fingerprint density at radius 1 is 1.31 bits per heavy atom. The summed E-state index contributed by atoms with van der Waals surface area (Å²) >= 11 is 0. The van der Waals surface area contributed by atoms with Gasteiger partial charge in [0.1, 0.15) is 5.82 Å².